The van der Waals surface area contributed by atoms with Gasteiger partial charge in [0.05, 0.1) is 6.07 Å². The molecule has 0 aromatic heterocycles. The van der Waals surface area contributed by atoms with E-state index in [1.54, 1.807) is 19.1 Å². The van der Waals surface area contributed by atoms with E-state index in [1.165, 1.54) is 12.1 Å². The molecule has 0 saturated heterocycles. The first-order valence-electron chi connectivity index (χ1n) is 4.97. The zero-order chi connectivity index (χ0) is 13.8. The molecular formula is C11H11ClN2O3S. The lowest BCUT2D eigenvalue weighted by Gasteiger charge is -2.08. The third-order valence-electron chi connectivity index (χ3n) is 2.11. The second kappa shape index (κ2) is 5.85. The summed E-state index contributed by atoms with van der Waals surface area (Å²) in [6.45, 7) is 1.76. The van der Waals surface area contributed by atoms with Gasteiger partial charge in [-0.05, 0) is 24.6 Å². The summed E-state index contributed by atoms with van der Waals surface area (Å²) in [5, 5.41) is 11.2. The highest BCUT2D eigenvalue weighted by Crippen LogP contribution is 2.20. The van der Waals surface area contributed by atoms with Crippen molar-refractivity contribution in [2.75, 3.05) is 16.8 Å². The fourth-order valence-corrected chi connectivity index (χ4v) is 2.21. The van der Waals surface area contributed by atoms with E-state index in [4.69, 9.17) is 16.9 Å². The number of halogens is 1. The van der Waals surface area contributed by atoms with Gasteiger partial charge in [-0.3, -0.25) is 4.79 Å². The van der Waals surface area contributed by atoms with Gasteiger partial charge < -0.3 is 5.32 Å². The lowest BCUT2D eigenvalue weighted by Crippen LogP contribution is -2.24. The van der Waals surface area contributed by atoms with Gasteiger partial charge in [0.1, 0.15) is 11.5 Å². The van der Waals surface area contributed by atoms with Crippen molar-refractivity contribution in [2.45, 2.75) is 6.92 Å². The monoisotopic (exact) mass is 286 g/mol. The van der Waals surface area contributed by atoms with E-state index >= 15 is 0 Å². The van der Waals surface area contributed by atoms with Crippen molar-refractivity contribution in [2.24, 2.45) is 0 Å². The van der Waals surface area contributed by atoms with Crippen molar-refractivity contribution in [3.05, 3.63) is 28.8 Å². The van der Waals surface area contributed by atoms with Crippen LogP contribution in [-0.2, 0) is 14.6 Å². The van der Waals surface area contributed by atoms with Gasteiger partial charge in [0, 0.05) is 10.7 Å². The van der Waals surface area contributed by atoms with Crippen molar-refractivity contribution < 1.29 is 13.2 Å². The van der Waals surface area contributed by atoms with Crippen LogP contribution in [0.25, 0.3) is 0 Å². The minimum atomic E-state index is -3.68. The summed E-state index contributed by atoms with van der Waals surface area (Å²) in [5.41, 5.74) is 1.23. The van der Waals surface area contributed by atoms with Gasteiger partial charge in [-0.2, -0.15) is 5.26 Å². The predicted octanol–water partition coefficient (Wildman–Crippen LogP) is 1.53. The first-order chi connectivity index (χ1) is 8.34. The first-order valence-corrected chi connectivity index (χ1v) is 7.17. The molecule has 1 amide bonds. The molecule has 0 aliphatic heterocycles. The summed E-state index contributed by atoms with van der Waals surface area (Å²) >= 11 is 5.77. The quantitative estimate of drug-likeness (QED) is 0.909. The number of nitrogens with zero attached hydrogens (tertiary/aromatic N) is 1. The Hall–Kier alpha value is -1.58. The molecule has 0 aliphatic carbocycles. The summed E-state index contributed by atoms with van der Waals surface area (Å²) in [6.07, 6.45) is 0. The molecule has 0 heterocycles. The Labute approximate surface area is 110 Å². The Morgan fingerprint density at radius 3 is 2.78 bits per heavy atom. The molecular weight excluding hydrogens is 276 g/mol. The average Bonchev–Trinajstić information content (AvgIpc) is 2.22. The van der Waals surface area contributed by atoms with Gasteiger partial charge in [-0.1, -0.05) is 17.7 Å². The third kappa shape index (κ3) is 4.35. The van der Waals surface area contributed by atoms with E-state index in [0.29, 0.717) is 10.7 Å². The van der Waals surface area contributed by atoms with Crippen LogP contribution in [0.3, 0.4) is 0 Å². The van der Waals surface area contributed by atoms with Crippen LogP contribution in [0.1, 0.15) is 5.56 Å². The smallest absolute Gasteiger partial charge is 0.239 e. The Bertz CT molecular complexity index is 605. The maximum absolute atomic E-state index is 11.5. The first kappa shape index (κ1) is 14.5. The number of aryl methyl sites for hydroxylation is 1. The number of amides is 1. The van der Waals surface area contributed by atoms with Gasteiger partial charge in [0.15, 0.2) is 9.84 Å². The van der Waals surface area contributed by atoms with Gasteiger partial charge >= 0.3 is 0 Å². The summed E-state index contributed by atoms with van der Waals surface area (Å²) in [4.78, 5) is 11.5. The Kier molecular flexibility index (Phi) is 4.70. The maximum atomic E-state index is 11.5. The molecule has 96 valence electrons. The van der Waals surface area contributed by atoms with Gasteiger partial charge in [-0.25, -0.2) is 8.42 Å². The molecule has 5 nitrogen and oxygen atoms in total. The number of sulfone groups is 1. The molecule has 1 aromatic carbocycles. The van der Waals surface area contributed by atoms with Gasteiger partial charge in [-0.15, -0.1) is 0 Å². The largest absolute Gasteiger partial charge is 0.325 e. The van der Waals surface area contributed by atoms with Crippen LogP contribution in [-0.4, -0.2) is 25.8 Å². The third-order valence-corrected chi connectivity index (χ3v) is 3.62. The number of anilines is 1. The second-order valence-electron chi connectivity index (χ2n) is 3.70. The molecule has 1 rings (SSSR count). The molecule has 7 heteroatoms. The van der Waals surface area contributed by atoms with Crippen LogP contribution >= 0.6 is 11.6 Å². The summed E-state index contributed by atoms with van der Waals surface area (Å²) in [7, 11) is -3.68. The summed E-state index contributed by atoms with van der Waals surface area (Å²) in [5.74, 6) is -2.07. The molecule has 0 fully saturated rings. The molecule has 0 unspecified atom stereocenters. The Morgan fingerprint density at radius 1 is 1.50 bits per heavy atom. The lowest BCUT2D eigenvalue weighted by molar-refractivity contribution is -0.113. The summed E-state index contributed by atoms with van der Waals surface area (Å²) < 4.78 is 22.5. The predicted molar refractivity (Wildman–Crippen MR) is 69.1 cm³/mol. The van der Waals surface area contributed by atoms with Crippen molar-refractivity contribution in [1.29, 1.82) is 5.26 Å². The van der Waals surface area contributed by atoms with Crippen LogP contribution < -0.4 is 5.32 Å². The molecule has 0 aliphatic rings. The number of hydrogen-bond donors (Lipinski definition) is 1. The SMILES string of the molecule is Cc1ccc(Cl)cc1NC(=O)CS(=O)(=O)CC#N. The highest BCUT2D eigenvalue weighted by molar-refractivity contribution is 7.92. The zero-order valence-electron chi connectivity index (χ0n) is 9.60. The van der Waals surface area contributed by atoms with Crippen molar-refractivity contribution in [1.82, 2.24) is 0 Å². The molecule has 0 atom stereocenters. The Balaban J connectivity index is 2.77. The highest BCUT2D eigenvalue weighted by atomic mass is 35.5. The topological polar surface area (TPSA) is 87.0 Å². The average molecular weight is 287 g/mol. The molecule has 0 radical (unpaired) electrons. The molecule has 1 aromatic rings. The van der Waals surface area contributed by atoms with Crippen LogP contribution in [0.4, 0.5) is 5.69 Å². The van der Waals surface area contributed by atoms with Crippen LogP contribution in [0.2, 0.25) is 5.02 Å². The van der Waals surface area contributed by atoms with Crippen LogP contribution in [0.15, 0.2) is 18.2 Å². The molecule has 0 saturated carbocycles. The van der Waals surface area contributed by atoms with E-state index < -0.39 is 27.3 Å². The number of nitriles is 1. The number of benzene rings is 1. The van der Waals surface area contributed by atoms with E-state index in [-0.39, 0.29) is 0 Å². The number of carbonyl (C=O) groups excluding carboxylic acids is 1. The maximum Gasteiger partial charge on any atom is 0.239 e. The molecule has 0 spiro atoms. The number of carbonyl (C=O) groups is 1. The fourth-order valence-electron chi connectivity index (χ4n) is 1.26. The number of rotatable bonds is 4. The van der Waals surface area contributed by atoms with Crippen LogP contribution in [0.5, 0.6) is 0 Å². The number of hydrogen-bond acceptors (Lipinski definition) is 4. The van der Waals surface area contributed by atoms with E-state index in [0.717, 1.165) is 5.56 Å². The minimum Gasteiger partial charge on any atom is -0.325 e. The van der Waals surface area contributed by atoms with Crippen molar-refractivity contribution in [3.63, 3.8) is 0 Å². The molecule has 0 bridgehead atoms. The van der Waals surface area contributed by atoms with E-state index in [2.05, 4.69) is 5.32 Å². The zero-order valence-corrected chi connectivity index (χ0v) is 11.2. The molecule has 18 heavy (non-hydrogen) atoms. The van der Waals surface area contributed by atoms with Gasteiger partial charge in [0.2, 0.25) is 5.91 Å². The van der Waals surface area contributed by atoms with Crippen molar-refractivity contribution >= 4 is 33.0 Å². The van der Waals surface area contributed by atoms with Crippen molar-refractivity contribution in [3.8, 4) is 6.07 Å². The second-order valence-corrected chi connectivity index (χ2v) is 6.20. The molecule has 1 N–H and O–H groups in total. The van der Waals surface area contributed by atoms with Gasteiger partial charge in [0.25, 0.3) is 0 Å². The summed E-state index contributed by atoms with van der Waals surface area (Å²) in [6, 6.07) is 6.42. The van der Waals surface area contributed by atoms with E-state index in [9.17, 15) is 13.2 Å². The van der Waals surface area contributed by atoms with Crippen LogP contribution in [0, 0.1) is 18.3 Å². The normalized spacial score (nSPS) is 10.7. The number of nitrogens with one attached hydrogen (secondary N) is 1. The fraction of sp³-hybridized carbons (Fsp3) is 0.273. The lowest BCUT2D eigenvalue weighted by atomic mass is 10.2. The van der Waals surface area contributed by atoms with E-state index in [1.807, 2.05) is 0 Å². The Morgan fingerprint density at radius 2 is 2.17 bits per heavy atom. The standard InChI is InChI=1S/C11H11ClN2O3S/c1-8-2-3-9(12)6-10(8)14-11(15)7-18(16,17)5-4-13/h2-3,6H,5,7H2,1H3,(H,14,15). The minimum absolute atomic E-state index is 0.441. The highest BCUT2D eigenvalue weighted by Gasteiger charge is 2.16.